The molecular weight excluding hydrogens is 284 g/mol. The van der Waals surface area contributed by atoms with Crippen LogP contribution < -0.4 is 16.4 Å². The zero-order valence-electron chi connectivity index (χ0n) is 11.9. The highest BCUT2D eigenvalue weighted by Gasteiger charge is 2.49. The van der Waals surface area contributed by atoms with Gasteiger partial charge in [0, 0.05) is 24.3 Å². The number of para-hydroxylation sites is 1. The Morgan fingerprint density at radius 2 is 1.95 bits per heavy atom. The third-order valence-electron chi connectivity index (χ3n) is 3.97. The highest BCUT2D eigenvalue weighted by atomic mass is 16.5. The standard InChI is InChI=1S/C14H16N6O2/c15-12-17-13(20-5-7-22-8-6-20)19-14(18-12)9-3-1-2-4-10(9)16-11(14)21/h1-4H,5-8H2,(H,16,21)(H3,15,17,18,19). The Morgan fingerprint density at radius 3 is 2.77 bits per heavy atom. The number of carbonyl (C=O) groups excluding carboxylic acids is 1. The fraction of sp³-hybridized carbons (Fsp3) is 0.357. The number of carbonyl (C=O) groups is 1. The lowest BCUT2D eigenvalue weighted by Crippen LogP contribution is -2.55. The minimum absolute atomic E-state index is 0.184. The molecule has 1 saturated heterocycles. The predicted octanol–water partition coefficient (Wildman–Crippen LogP) is -0.602. The molecule has 8 heteroatoms. The fourth-order valence-corrected chi connectivity index (χ4v) is 2.90. The molecule has 0 saturated carbocycles. The van der Waals surface area contributed by atoms with E-state index in [1.54, 1.807) is 0 Å². The molecule has 1 fully saturated rings. The summed E-state index contributed by atoms with van der Waals surface area (Å²) in [7, 11) is 0. The van der Waals surface area contributed by atoms with Gasteiger partial charge in [0.25, 0.3) is 11.6 Å². The minimum Gasteiger partial charge on any atom is -0.378 e. The van der Waals surface area contributed by atoms with E-state index in [2.05, 4.69) is 20.6 Å². The Morgan fingerprint density at radius 1 is 1.18 bits per heavy atom. The highest BCUT2D eigenvalue weighted by Crippen LogP contribution is 2.41. The number of nitrogens with one attached hydrogen (secondary N) is 2. The summed E-state index contributed by atoms with van der Waals surface area (Å²) < 4.78 is 5.35. The van der Waals surface area contributed by atoms with Crippen molar-refractivity contribution in [3.63, 3.8) is 0 Å². The van der Waals surface area contributed by atoms with Crippen molar-refractivity contribution in [1.82, 2.24) is 10.2 Å². The first-order valence-electron chi connectivity index (χ1n) is 7.15. The first kappa shape index (κ1) is 13.1. The van der Waals surface area contributed by atoms with E-state index in [1.807, 2.05) is 29.2 Å². The lowest BCUT2D eigenvalue weighted by atomic mass is 10.0. The van der Waals surface area contributed by atoms with Crippen LogP contribution in [0.25, 0.3) is 0 Å². The number of morpholine rings is 1. The summed E-state index contributed by atoms with van der Waals surface area (Å²) in [6.45, 7) is 2.62. The van der Waals surface area contributed by atoms with Crippen molar-refractivity contribution in [1.29, 1.82) is 0 Å². The maximum atomic E-state index is 12.5. The number of aliphatic imine (C=N–C) groups is 2. The van der Waals surface area contributed by atoms with Gasteiger partial charge in [0.2, 0.25) is 5.96 Å². The van der Waals surface area contributed by atoms with Gasteiger partial charge >= 0.3 is 0 Å². The second-order valence-electron chi connectivity index (χ2n) is 5.33. The van der Waals surface area contributed by atoms with Gasteiger partial charge in [-0.05, 0) is 6.07 Å². The van der Waals surface area contributed by atoms with Crippen LogP contribution in [0.5, 0.6) is 0 Å². The van der Waals surface area contributed by atoms with Crippen molar-refractivity contribution in [3.05, 3.63) is 29.8 Å². The van der Waals surface area contributed by atoms with Crippen molar-refractivity contribution < 1.29 is 9.53 Å². The molecule has 0 radical (unpaired) electrons. The number of rotatable bonds is 0. The van der Waals surface area contributed by atoms with E-state index in [0.717, 1.165) is 11.3 Å². The molecule has 0 aromatic heterocycles. The summed E-state index contributed by atoms with van der Waals surface area (Å²) in [5, 5.41) is 5.78. The molecule has 1 spiro atoms. The molecule has 114 valence electrons. The molecular formula is C14H16N6O2. The zero-order valence-corrected chi connectivity index (χ0v) is 11.9. The van der Waals surface area contributed by atoms with Crippen molar-refractivity contribution in [2.75, 3.05) is 31.6 Å². The highest BCUT2D eigenvalue weighted by molar-refractivity contribution is 6.11. The summed E-state index contributed by atoms with van der Waals surface area (Å²) in [5.41, 5.74) is 6.03. The average Bonchev–Trinajstić information content (AvgIpc) is 2.80. The maximum Gasteiger partial charge on any atom is 0.280 e. The van der Waals surface area contributed by atoms with Crippen LogP contribution >= 0.6 is 0 Å². The van der Waals surface area contributed by atoms with Crippen LogP contribution in [0.2, 0.25) is 0 Å². The number of nitrogens with zero attached hydrogens (tertiary/aromatic N) is 3. The Hall–Kier alpha value is -2.61. The van der Waals surface area contributed by atoms with Gasteiger partial charge in [-0.2, -0.15) is 0 Å². The molecule has 1 aromatic rings. The van der Waals surface area contributed by atoms with Crippen LogP contribution in [-0.2, 0) is 15.2 Å². The molecule has 0 bridgehead atoms. The molecule has 8 nitrogen and oxygen atoms in total. The van der Waals surface area contributed by atoms with Gasteiger partial charge in [0.15, 0.2) is 5.96 Å². The first-order valence-corrected chi connectivity index (χ1v) is 7.15. The zero-order chi connectivity index (χ0) is 15.2. The van der Waals surface area contributed by atoms with Crippen LogP contribution in [0.4, 0.5) is 5.69 Å². The number of anilines is 1. The SMILES string of the molecule is NC1=NC2(N=C(N3CCOCC3)N1)C(=O)Nc1ccccc12. The molecule has 3 heterocycles. The third-order valence-corrected chi connectivity index (χ3v) is 3.97. The number of amides is 1. The molecule has 1 aromatic carbocycles. The van der Waals surface area contributed by atoms with Crippen LogP contribution in [0.1, 0.15) is 5.56 Å². The van der Waals surface area contributed by atoms with Crippen molar-refractivity contribution in [3.8, 4) is 0 Å². The van der Waals surface area contributed by atoms with E-state index >= 15 is 0 Å². The topological polar surface area (TPSA) is 104 Å². The smallest absolute Gasteiger partial charge is 0.280 e. The maximum absolute atomic E-state index is 12.5. The van der Waals surface area contributed by atoms with Gasteiger partial charge in [-0.25, -0.2) is 9.98 Å². The largest absolute Gasteiger partial charge is 0.378 e. The average molecular weight is 300 g/mol. The normalized spacial score (nSPS) is 26.9. The number of fused-ring (bicyclic) bond motifs is 2. The van der Waals surface area contributed by atoms with Crippen LogP contribution in [0.3, 0.4) is 0 Å². The second kappa shape index (κ2) is 4.70. The lowest BCUT2D eigenvalue weighted by Gasteiger charge is -2.34. The molecule has 1 amide bonds. The number of benzene rings is 1. The molecule has 3 aliphatic rings. The summed E-state index contributed by atoms with van der Waals surface area (Å²) >= 11 is 0. The number of guanidine groups is 2. The molecule has 22 heavy (non-hydrogen) atoms. The van der Waals surface area contributed by atoms with Gasteiger partial charge in [-0.15, -0.1) is 0 Å². The van der Waals surface area contributed by atoms with Gasteiger partial charge in [0.05, 0.1) is 13.2 Å². The van der Waals surface area contributed by atoms with Gasteiger partial charge < -0.3 is 20.7 Å². The first-order chi connectivity index (χ1) is 10.7. The van der Waals surface area contributed by atoms with E-state index in [9.17, 15) is 4.79 Å². The molecule has 0 aliphatic carbocycles. The Labute approximate surface area is 127 Å². The predicted molar refractivity (Wildman–Crippen MR) is 81.3 cm³/mol. The number of hydrogen-bond donors (Lipinski definition) is 3. The lowest BCUT2D eigenvalue weighted by molar-refractivity contribution is -0.120. The van der Waals surface area contributed by atoms with Crippen molar-refractivity contribution in [2.45, 2.75) is 5.66 Å². The quantitative estimate of drug-likeness (QED) is 0.593. The monoisotopic (exact) mass is 300 g/mol. The van der Waals surface area contributed by atoms with Gasteiger partial charge in [-0.3, -0.25) is 10.1 Å². The van der Waals surface area contributed by atoms with E-state index in [1.165, 1.54) is 0 Å². The van der Waals surface area contributed by atoms with Crippen molar-refractivity contribution >= 4 is 23.5 Å². The van der Waals surface area contributed by atoms with Crippen LogP contribution in [-0.4, -0.2) is 49.0 Å². The fourth-order valence-electron chi connectivity index (χ4n) is 2.90. The van der Waals surface area contributed by atoms with Gasteiger partial charge in [0.1, 0.15) is 0 Å². The van der Waals surface area contributed by atoms with Crippen LogP contribution in [0.15, 0.2) is 34.3 Å². The molecule has 4 N–H and O–H groups in total. The summed E-state index contributed by atoms with van der Waals surface area (Å²) in [5.74, 6) is 0.454. The summed E-state index contributed by atoms with van der Waals surface area (Å²) in [4.78, 5) is 23.5. The summed E-state index contributed by atoms with van der Waals surface area (Å²) in [6, 6.07) is 7.40. The molecule has 4 rings (SSSR count). The van der Waals surface area contributed by atoms with E-state index in [4.69, 9.17) is 10.5 Å². The van der Waals surface area contributed by atoms with E-state index in [0.29, 0.717) is 32.3 Å². The van der Waals surface area contributed by atoms with Crippen LogP contribution in [0, 0.1) is 0 Å². The number of nitrogens with two attached hydrogens (primary N) is 1. The minimum atomic E-state index is -1.33. The Kier molecular flexibility index (Phi) is 2.80. The van der Waals surface area contributed by atoms with E-state index < -0.39 is 5.66 Å². The van der Waals surface area contributed by atoms with Gasteiger partial charge in [-0.1, -0.05) is 18.2 Å². The molecule has 1 atom stereocenters. The molecule has 1 unspecified atom stereocenters. The number of hydrogen-bond acceptors (Lipinski definition) is 7. The van der Waals surface area contributed by atoms with Crippen molar-refractivity contribution in [2.24, 2.45) is 15.7 Å². The Bertz CT molecular complexity index is 694. The molecule has 3 aliphatic heterocycles. The number of ether oxygens (including phenoxy) is 1. The summed E-state index contributed by atoms with van der Waals surface area (Å²) in [6.07, 6.45) is 0. The second-order valence-corrected chi connectivity index (χ2v) is 5.33. The third kappa shape index (κ3) is 1.84. The van der Waals surface area contributed by atoms with E-state index in [-0.39, 0.29) is 11.9 Å². The Balaban J connectivity index is 1.81.